The minimum Gasteiger partial charge on any atom is -0.343 e. The molecule has 1 amide bonds. The lowest BCUT2D eigenvalue weighted by Crippen LogP contribution is -2.50. The molecule has 0 aromatic rings. The molecule has 2 fully saturated rings. The van der Waals surface area contributed by atoms with Crippen molar-refractivity contribution in [3.63, 3.8) is 0 Å². The molecule has 2 aliphatic heterocycles. The summed E-state index contributed by atoms with van der Waals surface area (Å²) in [5, 5.41) is 3.35. The van der Waals surface area contributed by atoms with Gasteiger partial charge < -0.3 is 15.1 Å². The zero-order valence-corrected chi connectivity index (χ0v) is 11.8. The third kappa shape index (κ3) is 3.69. The minimum absolute atomic E-state index is 0.0531. The molecule has 104 valence electrons. The Labute approximate surface area is 111 Å². The monoisotopic (exact) mass is 253 g/mol. The maximum Gasteiger partial charge on any atom is 0.239 e. The molecule has 0 aromatic carbocycles. The van der Waals surface area contributed by atoms with E-state index in [0.29, 0.717) is 5.92 Å². The summed E-state index contributed by atoms with van der Waals surface area (Å²) in [6.45, 7) is 7.54. The molecule has 2 saturated heterocycles. The minimum atomic E-state index is 0.0531. The first-order chi connectivity index (χ1) is 8.66. The molecule has 0 aliphatic carbocycles. The lowest BCUT2D eigenvalue weighted by atomic mass is 9.93. The van der Waals surface area contributed by atoms with Gasteiger partial charge in [0.2, 0.25) is 5.91 Å². The third-order valence-corrected chi connectivity index (χ3v) is 4.29. The lowest BCUT2D eigenvalue weighted by Gasteiger charge is -2.31. The average molecular weight is 253 g/mol. The Balaban J connectivity index is 1.73. The van der Waals surface area contributed by atoms with Gasteiger partial charge in [-0.1, -0.05) is 6.92 Å². The highest BCUT2D eigenvalue weighted by Gasteiger charge is 2.27. The van der Waals surface area contributed by atoms with Crippen molar-refractivity contribution in [2.45, 2.75) is 38.6 Å². The highest BCUT2D eigenvalue weighted by Crippen LogP contribution is 2.16. The van der Waals surface area contributed by atoms with Crippen molar-refractivity contribution in [3.05, 3.63) is 0 Å². The number of carbonyl (C=O) groups excluding carboxylic acids is 1. The molecular weight excluding hydrogens is 226 g/mol. The number of piperidine rings is 1. The molecule has 2 unspecified atom stereocenters. The molecular formula is C14H27N3O. The topological polar surface area (TPSA) is 35.6 Å². The standard InChI is InChI=1S/C14H27N3O/c1-12-5-6-15-13(11-12)14(18)16(2)9-10-17-7-3-4-8-17/h12-13,15H,3-11H2,1-2H3. The van der Waals surface area contributed by atoms with E-state index in [1.165, 1.54) is 32.4 Å². The van der Waals surface area contributed by atoms with Crippen LogP contribution in [0.1, 0.15) is 32.6 Å². The summed E-state index contributed by atoms with van der Waals surface area (Å²) in [5.74, 6) is 0.952. The predicted octanol–water partition coefficient (Wildman–Crippen LogP) is 0.929. The molecule has 4 nitrogen and oxygen atoms in total. The number of likely N-dealkylation sites (N-methyl/N-ethyl adjacent to an activating group) is 1. The van der Waals surface area contributed by atoms with Crippen LogP contribution in [-0.2, 0) is 4.79 Å². The molecule has 0 radical (unpaired) electrons. The number of likely N-dealkylation sites (tertiary alicyclic amines) is 1. The third-order valence-electron chi connectivity index (χ3n) is 4.29. The summed E-state index contributed by atoms with van der Waals surface area (Å²) in [6.07, 6.45) is 4.83. The highest BCUT2D eigenvalue weighted by molar-refractivity contribution is 5.81. The van der Waals surface area contributed by atoms with Crippen LogP contribution in [0.3, 0.4) is 0 Å². The Morgan fingerprint density at radius 3 is 2.78 bits per heavy atom. The van der Waals surface area contributed by atoms with E-state index in [2.05, 4.69) is 17.1 Å². The zero-order valence-electron chi connectivity index (χ0n) is 11.8. The number of nitrogens with zero attached hydrogens (tertiary/aromatic N) is 2. The Morgan fingerprint density at radius 1 is 1.39 bits per heavy atom. The molecule has 0 aromatic heterocycles. The van der Waals surface area contributed by atoms with Crippen LogP contribution in [0, 0.1) is 5.92 Å². The number of hydrogen-bond donors (Lipinski definition) is 1. The number of amides is 1. The van der Waals surface area contributed by atoms with Gasteiger partial charge in [0.15, 0.2) is 0 Å². The predicted molar refractivity (Wildman–Crippen MR) is 73.5 cm³/mol. The van der Waals surface area contributed by atoms with E-state index in [1.54, 1.807) is 0 Å². The SMILES string of the molecule is CC1CCNC(C(=O)N(C)CCN2CCCC2)C1. The van der Waals surface area contributed by atoms with E-state index in [-0.39, 0.29) is 11.9 Å². The van der Waals surface area contributed by atoms with Gasteiger partial charge in [-0.15, -0.1) is 0 Å². The van der Waals surface area contributed by atoms with Gasteiger partial charge in [0.05, 0.1) is 6.04 Å². The van der Waals surface area contributed by atoms with Crippen LogP contribution in [0.5, 0.6) is 0 Å². The Bertz CT molecular complexity index is 276. The van der Waals surface area contributed by atoms with Crippen LogP contribution in [0.15, 0.2) is 0 Å². The van der Waals surface area contributed by atoms with Gasteiger partial charge in [0.25, 0.3) is 0 Å². The van der Waals surface area contributed by atoms with Gasteiger partial charge in [-0.05, 0) is 51.2 Å². The number of hydrogen-bond acceptors (Lipinski definition) is 3. The zero-order chi connectivity index (χ0) is 13.0. The summed E-state index contributed by atoms with van der Waals surface area (Å²) >= 11 is 0. The van der Waals surface area contributed by atoms with Crippen molar-refractivity contribution in [2.75, 3.05) is 39.8 Å². The van der Waals surface area contributed by atoms with Gasteiger partial charge in [-0.3, -0.25) is 4.79 Å². The molecule has 4 heteroatoms. The Morgan fingerprint density at radius 2 is 2.11 bits per heavy atom. The van der Waals surface area contributed by atoms with E-state index >= 15 is 0 Å². The molecule has 0 bridgehead atoms. The van der Waals surface area contributed by atoms with Crippen molar-refractivity contribution >= 4 is 5.91 Å². The van der Waals surface area contributed by atoms with Gasteiger partial charge in [0.1, 0.15) is 0 Å². The first kappa shape index (κ1) is 13.8. The molecule has 2 rings (SSSR count). The summed E-state index contributed by atoms with van der Waals surface area (Å²) in [5.41, 5.74) is 0. The Hall–Kier alpha value is -0.610. The van der Waals surface area contributed by atoms with Gasteiger partial charge in [-0.2, -0.15) is 0 Å². The summed E-state index contributed by atoms with van der Waals surface area (Å²) in [7, 11) is 1.94. The molecule has 2 aliphatic rings. The molecule has 2 heterocycles. The van der Waals surface area contributed by atoms with Crippen molar-refractivity contribution in [2.24, 2.45) is 5.92 Å². The maximum absolute atomic E-state index is 12.3. The fourth-order valence-corrected chi connectivity index (χ4v) is 2.97. The normalized spacial score (nSPS) is 29.4. The van der Waals surface area contributed by atoms with Crippen LogP contribution in [0.2, 0.25) is 0 Å². The molecule has 2 atom stereocenters. The van der Waals surface area contributed by atoms with Crippen LogP contribution in [-0.4, -0.2) is 61.5 Å². The molecule has 0 spiro atoms. The number of carbonyl (C=O) groups is 1. The van der Waals surface area contributed by atoms with Crippen molar-refractivity contribution < 1.29 is 4.79 Å². The highest BCUT2D eigenvalue weighted by atomic mass is 16.2. The fourth-order valence-electron chi connectivity index (χ4n) is 2.97. The second-order valence-corrected chi connectivity index (χ2v) is 5.94. The van der Waals surface area contributed by atoms with E-state index in [4.69, 9.17) is 0 Å². The second-order valence-electron chi connectivity index (χ2n) is 5.94. The fraction of sp³-hybridized carbons (Fsp3) is 0.929. The van der Waals surface area contributed by atoms with Crippen molar-refractivity contribution in [1.29, 1.82) is 0 Å². The van der Waals surface area contributed by atoms with Gasteiger partial charge >= 0.3 is 0 Å². The van der Waals surface area contributed by atoms with Crippen LogP contribution >= 0.6 is 0 Å². The number of rotatable bonds is 4. The molecule has 1 N–H and O–H groups in total. The smallest absolute Gasteiger partial charge is 0.239 e. The number of nitrogens with one attached hydrogen (secondary N) is 1. The van der Waals surface area contributed by atoms with Crippen LogP contribution < -0.4 is 5.32 Å². The summed E-state index contributed by atoms with van der Waals surface area (Å²) < 4.78 is 0. The molecule has 0 saturated carbocycles. The quantitative estimate of drug-likeness (QED) is 0.809. The van der Waals surface area contributed by atoms with Crippen molar-refractivity contribution in [1.82, 2.24) is 15.1 Å². The first-order valence-corrected chi connectivity index (χ1v) is 7.37. The maximum atomic E-state index is 12.3. The van der Waals surface area contributed by atoms with E-state index in [1.807, 2.05) is 11.9 Å². The average Bonchev–Trinajstić information content (AvgIpc) is 2.88. The van der Waals surface area contributed by atoms with E-state index in [0.717, 1.165) is 26.1 Å². The van der Waals surface area contributed by atoms with E-state index < -0.39 is 0 Å². The Kier molecular flexibility index (Phi) is 5.01. The van der Waals surface area contributed by atoms with Crippen LogP contribution in [0.25, 0.3) is 0 Å². The van der Waals surface area contributed by atoms with Gasteiger partial charge in [0, 0.05) is 20.1 Å². The second kappa shape index (κ2) is 6.53. The van der Waals surface area contributed by atoms with Crippen LogP contribution in [0.4, 0.5) is 0 Å². The largest absolute Gasteiger partial charge is 0.343 e. The van der Waals surface area contributed by atoms with E-state index in [9.17, 15) is 4.79 Å². The summed E-state index contributed by atoms with van der Waals surface area (Å²) in [4.78, 5) is 16.7. The molecule has 18 heavy (non-hydrogen) atoms. The van der Waals surface area contributed by atoms with Gasteiger partial charge in [-0.25, -0.2) is 0 Å². The first-order valence-electron chi connectivity index (χ1n) is 7.37. The summed E-state index contributed by atoms with van der Waals surface area (Å²) in [6, 6.07) is 0.0531. The lowest BCUT2D eigenvalue weighted by molar-refractivity contribution is -0.133. The van der Waals surface area contributed by atoms with Crippen molar-refractivity contribution in [3.8, 4) is 0 Å².